The molecule has 144 valence electrons. The number of rotatable bonds is 9. The van der Waals surface area contributed by atoms with E-state index in [0.717, 1.165) is 69.8 Å². The summed E-state index contributed by atoms with van der Waals surface area (Å²) in [6.07, 6.45) is 5.48. The third-order valence-electron chi connectivity index (χ3n) is 5.67. The molecule has 2 aliphatic rings. The maximum Gasteiger partial charge on any atom is 0.129 e. The van der Waals surface area contributed by atoms with Crippen LogP contribution in [-0.2, 0) is 10.2 Å². The molecule has 1 spiro atoms. The number of Topliss-reactive ketones (excluding diaryl/α,β-unsaturated/α-hetero) is 1. The van der Waals surface area contributed by atoms with Crippen LogP contribution in [0.4, 0.5) is 0 Å². The quantitative estimate of drug-likeness (QED) is 0.685. The van der Waals surface area contributed by atoms with Crippen LogP contribution in [0.25, 0.3) is 0 Å². The number of piperidine rings is 1. The van der Waals surface area contributed by atoms with Crippen LogP contribution >= 0.6 is 0 Å². The van der Waals surface area contributed by atoms with E-state index in [-0.39, 0.29) is 17.8 Å². The number of aliphatic hydroxyl groups is 1. The molecule has 1 N–H and O–H groups in total. The van der Waals surface area contributed by atoms with E-state index in [9.17, 15) is 4.79 Å². The molecule has 0 amide bonds. The average molecular weight is 361 g/mol. The summed E-state index contributed by atoms with van der Waals surface area (Å²) in [5, 5.41) is 9.00. The third kappa shape index (κ3) is 4.57. The lowest BCUT2D eigenvalue weighted by atomic mass is 9.74. The fourth-order valence-electron chi connectivity index (χ4n) is 4.02. The van der Waals surface area contributed by atoms with Crippen LogP contribution in [0, 0.1) is 0 Å². The second-order valence-electron chi connectivity index (χ2n) is 7.65. The van der Waals surface area contributed by atoms with Gasteiger partial charge in [0.05, 0.1) is 13.2 Å². The first-order chi connectivity index (χ1) is 12.6. The number of fused-ring (bicyclic) bond motifs is 2. The molecule has 3 rings (SSSR count). The first-order valence-corrected chi connectivity index (χ1v) is 9.86. The second-order valence-corrected chi connectivity index (χ2v) is 7.65. The molecule has 0 aliphatic carbocycles. The summed E-state index contributed by atoms with van der Waals surface area (Å²) in [7, 11) is 0. The number of unbranched alkanes of at least 4 members (excludes halogenated alkanes) is 1. The van der Waals surface area contributed by atoms with E-state index in [1.165, 1.54) is 5.56 Å². The number of nitrogens with zero attached hydrogens (tertiary/aromatic N) is 1. The highest BCUT2D eigenvalue weighted by molar-refractivity contribution is 5.75. The summed E-state index contributed by atoms with van der Waals surface area (Å²) >= 11 is 0. The van der Waals surface area contributed by atoms with Gasteiger partial charge >= 0.3 is 0 Å². The van der Waals surface area contributed by atoms with Gasteiger partial charge in [-0.15, -0.1) is 0 Å². The Morgan fingerprint density at radius 3 is 2.81 bits per heavy atom. The zero-order chi connectivity index (χ0) is 18.4. The van der Waals surface area contributed by atoms with Gasteiger partial charge in [-0.2, -0.15) is 0 Å². The van der Waals surface area contributed by atoms with Crippen molar-refractivity contribution < 1.29 is 19.4 Å². The van der Waals surface area contributed by atoms with Gasteiger partial charge in [-0.25, -0.2) is 0 Å². The van der Waals surface area contributed by atoms with Crippen molar-refractivity contribution in [3.8, 4) is 11.5 Å². The van der Waals surface area contributed by atoms with Gasteiger partial charge in [0.2, 0.25) is 0 Å². The number of hydrogen-bond acceptors (Lipinski definition) is 5. The first kappa shape index (κ1) is 19.2. The molecule has 1 aromatic rings. The lowest BCUT2D eigenvalue weighted by Gasteiger charge is -2.38. The summed E-state index contributed by atoms with van der Waals surface area (Å²) in [4.78, 5) is 13.4. The Balaban J connectivity index is 1.53. The summed E-state index contributed by atoms with van der Waals surface area (Å²) in [6.45, 7) is 6.41. The van der Waals surface area contributed by atoms with Gasteiger partial charge in [0.1, 0.15) is 17.3 Å². The Morgan fingerprint density at radius 1 is 1.27 bits per heavy atom. The Bertz CT molecular complexity index is 608. The van der Waals surface area contributed by atoms with Crippen molar-refractivity contribution in [2.45, 2.75) is 50.9 Å². The molecule has 0 radical (unpaired) electrons. The molecule has 0 saturated carbocycles. The number of carbonyl (C=O) groups is 1. The molecule has 0 bridgehead atoms. The lowest BCUT2D eigenvalue weighted by molar-refractivity contribution is -0.117. The number of hydrogen-bond donors (Lipinski definition) is 1. The minimum Gasteiger partial charge on any atom is -0.493 e. The number of likely N-dealkylation sites (tertiary alicyclic amines) is 1. The van der Waals surface area contributed by atoms with E-state index in [0.29, 0.717) is 13.0 Å². The normalized spacial score (nSPS) is 18.5. The Morgan fingerprint density at radius 2 is 2.08 bits per heavy atom. The van der Waals surface area contributed by atoms with Gasteiger partial charge in [-0.3, -0.25) is 0 Å². The van der Waals surface area contributed by atoms with Crippen molar-refractivity contribution in [3.63, 3.8) is 0 Å². The number of carbonyl (C=O) groups excluding carboxylic acids is 1. The molecule has 0 atom stereocenters. The fourth-order valence-corrected chi connectivity index (χ4v) is 4.02. The molecule has 0 unspecified atom stereocenters. The van der Waals surface area contributed by atoms with E-state index < -0.39 is 0 Å². The second kappa shape index (κ2) is 8.87. The zero-order valence-corrected chi connectivity index (χ0v) is 15.8. The molecular weight excluding hydrogens is 330 g/mol. The number of ketones is 1. The van der Waals surface area contributed by atoms with Crippen molar-refractivity contribution in [3.05, 3.63) is 23.8 Å². The highest BCUT2D eigenvalue weighted by atomic mass is 16.5. The summed E-state index contributed by atoms with van der Waals surface area (Å²) in [5.74, 6) is 2.06. The fraction of sp³-hybridized carbons (Fsp3) is 0.667. The van der Waals surface area contributed by atoms with Gasteiger partial charge in [0.15, 0.2) is 0 Å². The molecule has 2 heterocycles. The van der Waals surface area contributed by atoms with E-state index >= 15 is 0 Å². The minimum absolute atomic E-state index is 0.144. The van der Waals surface area contributed by atoms with Crippen LogP contribution in [0.1, 0.15) is 51.0 Å². The van der Waals surface area contributed by atoms with Crippen molar-refractivity contribution in [1.82, 2.24) is 4.90 Å². The molecule has 1 aromatic carbocycles. The molecule has 5 heteroatoms. The van der Waals surface area contributed by atoms with E-state index in [1.807, 2.05) is 6.07 Å². The molecule has 1 saturated heterocycles. The average Bonchev–Trinajstić information content (AvgIpc) is 2.99. The molecule has 2 aliphatic heterocycles. The SMILES string of the molecule is CC(=O)CCCCOc1ccc2c(c1)OCC21CCN(CCCO)CC1. The summed E-state index contributed by atoms with van der Waals surface area (Å²) in [5.41, 5.74) is 1.47. The predicted molar refractivity (Wildman–Crippen MR) is 101 cm³/mol. The van der Waals surface area contributed by atoms with Crippen molar-refractivity contribution in [2.24, 2.45) is 0 Å². The zero-order valence-electron chi connectivity index (χ0n) is 15.8. The van der Waals surface area contributed by atoms with E-state index in [2.05, 4.69) is 17.0 Å². The van der Waals surface area contributed by atoms with Crippen molar-refractivity contribution >= 4 is 5.78 Å². The Hall–Kier alpha value is -1.59. The number of ether oxygens (including phenoxy) is 2. The predicted octanol–water partition coefficient (Wildman–Crippen LogP) is 2.93. The molecule has 0 aromatic heterocycles. The van der Waals surface area contributed by atoms with Crippen LogP contribution in [-0.4, -0.2) is 55.2 Å². The van der Waals surface area contributed by atoms with Gasteiger partial charge in [0.25, 0.3) is 0 Å². The highest BCUT2D eigenvalue weighted by Crippen LogP contribution is 2.46. The van der Waals surface area contributed by atoms with Crippen LogP contribution < -0.4 is 9.47 Å². The van der Waals surface area contributed by atoms with E-state index in [4.69, 9.17) is 14.6 Å². The molecule has 5 nitrogen and oxygen atoms in total. The van der Waals surface area contributed by atoms with E-state index in [1.54, 1.807) is 6.92 Å². The Kier molecular flexibility index (Phi) is 6.54. The minimum atomic E-state index is 0.144. The molecular formula is C21H31NO4. The van der Waals surface area contributed by atoms with Gasteiger partial charge in [0, 0.05) is 36.6 Å². The molecule has 26 heavy (non-hydrogen) atoms. The standard InChI is InChI=1S/C21H31NO4/c1-17(24)5-2-3-14-25-18-6-7-19-20(15-18)26-16-21(19)8-11-22(12-9-21)10-4-13-23/h6-7,15,23H,2-5,8-14,16H2,1H3. The topological polar surface area (TPSA) is 59.0 Å². The van der Waals surface area contributed by atoms with Crippen LogP contribution in [0.15, 0.2) is 18.2 Å². The maximum absolute atomic E-state index is 11.0. The largest absolute Gasteiger partial charge is 0.493 e. The van der Waals surface area contributed by atoms with Crippen LogP contribution in [0.3, 0.4) is 0 Å². The number of benzene rings is 1. The molecule has 1 fully saturated rings. The maximum atomic E-state index is 11.0. The third-order valence-corrected chi connectivity index (χ3v) is 5.67. The van der Waals surface area contributed by atoms with Gasteiger partial charge in [-0.05, 0) is 58.2 Å². The van der Waals surface area contributed by atoms with Gasteiger partial charge < -0.3 is 24.3 Å². The van der Waals surface area contributed by atoms with Crippen LogP contribution in [0.5, 0.6) is 11.5 Å². The smallest absolute Gasteiger partial charge is 0.129 e. The lowest BCUT2D eigenvalue weighted by Crippen LogP contribution is -2.44. The van der Waals surface area contributed by atoms with Crippen molar-refractivity contribution in [2.75, 3.05) is 39.5 Å². The summed E-state index contributed by atoms with van der Waals surface area (Å²) in [6, 6.07) is 6.25. The first-order valence-electron chi connectivity index (χ1n) is 9.86. The van der Waals surface area contributed by atoms with Gasteiger partial charge in [-0.1, -0.05) is 6.07 Å². The summed E-state index contributed by atoms with van der Waals surface area (Å²) < 4.78 is 11.9. The number of aliphatic hydroxyl groups excluding tert-OH is 1. The van der Waals surface area contributed by atoms with Crippen LogP contribution in [0.2, 0.25) is 0 Å². The highest BCUT2D eigenvalue weighted by Gasteiger charge is 2.42. The van der Waals surface area contributed by atoms with Crippen molar-refractivity contribution in [1.29, 1.82) is 0 Å². The Labute approximate surface area is 156 Å². The monoisotopic (exact) mass is 361 g/mol.